The van der Waals surface area contributed by atoms with Gasteiger partial charge in [0, 0.05) is 23.6 Å². The first-order valence-electron chi connectivity index (χ1n) is 9.82. The Morgan fingerprint density at radius 3 is 2.67 bits per heavy atom. The number of aromatic nitrogens is 2. The largest absolute Gasteiger partial charge is 0.370 e. The van der Waals surface area contributed by atoms with E-state index in [0.29, 0.717) is 5.92 Å². The van der Waals surface area contributed by atoms with Gasteiger partial charge >= 0.3 is 0 Å². The predicted molar refractivity (Wildman–Crippen MR) is 113 cm³/mol. The Balaban J connectivity index is 1.84. The number of nitrogens with one attached hydrogen (secondary N) is 1. The molecule has 27 heavy (non-hydrogen) atoms. The van der Waals surface area contributed by atoms with E-state index < -0.39 is 0 Å². The van der Waals surface area contributed by atoms with Gasteiger partial charge in [0.1, 0.15) is 5.82 Å². The Morgan fingerprint density at radius 2 is 1.85 bits per heavy atom. The third-order valence-electron chi connectivity index (χ3n) is 5.32. The van der Waals surface area contributed by atoms with E-state index in [0.717, 1.165) is 41.5 Å². The van der Waals surface area contributed by atoms with Gasteiger partial charge in [0.05, 0.1) is 11.4 Å². The van der Waals surface area contributed by atoms with Gasteiger partial charge in [-0.05, 0) is 48.4 Å². The van der Waals surface area contributed by atoms with E-state index in [1.165, 1.54) is 29.7 Å². The van der Waals surface area contributed by atoms with Gasteiger partial charge in [0.2, 0.25) is 0 Å². The normalized spacial score (nSPS) is 13.9. The maximum Gasteiger partial charge on any atom is 0.133 e. The minimum absolute atomic E-state index is 0.443. The van der Waals surface area contributed by atoms with E-state index >= 15 is 0 Å². The number of fused-ring (bicyclic) bond motifs is 1. The quantitative estimate of drug-likeness (QED) is 0.603. The Labute approximate surface area is 166 Å². The van der Waals surface area contributed by atoms with Crippen LogP contribution in [0, 0.1) is 0 Å². The number of para-hydroxylation sites is 1. The fourth-order valence-corrected chi connectivity index (χ4v) is 4.08. The van der Waals surface area contributed by atoms with Gasteiger partial charge in [-0.3, -0.25) is 0 Å². The summed E-state index contributed by atoms with van der Waals surface area (Å²) in [5.74, 6) is 1.60. The summed E-state index contributed by atoms with van der Waals surface area (Å²) < 4.78 is 2.13. The van der Waals surface area contributed by atoms with E-state index in [2.05, 4.69) is 54.2 Å². The topological polar surface area (TPSA) is 29.9 Å². The lowest BCUT2D eigenvalue weighted by Gasteiger charge is -2.15. The molecule has 0 unspecified atom stereocenters. The molecular weight excluding hydrogens is 354 g/mol. The van der Waals surface area contributed by atoms with Crippen molar-refractivity contribution < 1.29 is 0 Å². The van der Waals surface area contributed by atoms with Crippen molar-refractivity contribution in [3.05, 3.63) is 75.9 Å². The average molecular weight is 380 g/mol. The first-order valence-corrected chi connectivity index (χ1v) is 10.2. The van der Waals surface area contributed by atoms with Crippen LogP contribution in [0.2, 0.25) is 5.02 Å². The highest BCUT2D eigenvalue weighted by Gasteiger charge is 2.22. The summed E-state index contributed by atoms with van der Waals surface area (Å²) in [5, 5.41) is 9.54. The maximum atomic E-state index is 6.43. The van der Waals surface area contributed by atoms with Crippen LogP contribution < -0.4 is 5.32 Å². The van der Waals surface area contributed by atoms with Crippen LogP contribution in [0.1, 0.15) is 55.0 Å². The molecule has 1 N–H and O–H groups in total. The third kappa shape index (κ3) is 3.61. The second-order valence-corrected chi connectivity index (χ2v) is 7.96. The van der Waals surface area contributed by atoms with Gasteiger partial charge in [-0.1, -0.05) is 61.8 Å². The first kappa shape index (κ1) is 18.1. The molecule has 0 radical (unpaired) electrons. The van der Waals surface area contributed by atoms with Gasteiger partial charge in [-0.25, -0.2) is 4.68 Å². The minimum atomic E-state index is 0.443. The molecule has 0 amide bonds. The maximum absolute atomic E-state index is 6.43. The summed E-state index contributed by atoms with van der Waals surface area (Å²) in [6.45, 7) is 5.46. The van der Waals surface area contributed by atoms with Crippen LogP contribution in [0.25, 0.3) is 5.69 Å². The molecule has 0 spiro atoms. The highest BCUT2D eigenvalue weighted by molar-refractivity contribution is 6.31. The molecule has 1 aliphatic heterocycles. The number of halogens is 1. The Morgan fingerprint density at radius 1 is 1.07 bits per heavy atom. The minimum Gasteiger partial charge on any atom is -0.370 e. The second-order valence-electron chi connectivity index (χ2n) is 7.55. The van der Waals surface area contributed by atoms with Crippen LogP contribution in [0.3, 0.4) is 0 Å². The van der Waals surface area contributed by atoms with Crippen molar-refractivity contribution in [3.63, 3.8) is 0 Å². The van der Waals surface area contributed by atoms with Crippen LogP contribution >= 0.6 is 11.6 Å². The lowest BCUT2D eigenvalue weighted by molar-refractivity contribution is 0.762. The predicted octanol–water partition coefficient (Wildman–Crippen LogP) is 5.99. The average Bonchev–Trinajstić information content (AvgIpc) is 2.84. The van der Waals surface area contributed by atoms with Crippen molar-refractivity contribution in [2.45, 2.75) is 45.4 Å². The molecular formula is C23H26ClN3. The molecule has 0 saturated carbocycles. The van der Waals surface area contributed by atoms with Crippen molar-refractivity contribution in [2.24, 2.45) is 0 Å². The highest BCUT2D eigenvalue weighted by atomic mass is 35.5. The Hall–Kier alpha value is -2.26. The lowest BCUT2D eigenvalue weighted by Crippen LogP contribution is -2.09. The molecule has 1 aliphatic rings. The molecule has 3 nitrogen and oxygen atoms in total. The molecule has 3 aromatic rings. The molecule has 2 aromatic carbocycles. The molecule has 140 valence electrons. The molecule has 1 aromatic heterocycles. The fraction of sp³-hybridized carbons (Fsp3) is 0.348. The van der Waals surface area contributed by atoms with Gasteiger partial charge in [0.25, 0.3) is 0 Å². The molecule has 4 rings (SSSR count). The van der Waals surface area contributed by atoms with Crippen LogP contribution in [-0.4, -0.2) is 16.3 Å². The summed E-state index contributed by atoms with van der Waals surface area (Å²) in [6.07, 6.45) is 4.20. The van der Waals surface area contributed by atoms with Gasteiger partial charge in [-0.2, -0.15) is 5.10 Å². The van der Waals surface area contributed by atoms with E-state index in [-0.39, 0.29) is 0 Å². The number of anilines is 1. The number of rotatable bonds is 4. The van der Waals surface area contributed by atoms with Gasteiger partial charge < -0.3 is 5.32 Å². The standard InChI is InChI=1S/C23H26ClN3/c1-16(2)18-10-4-6-13-22(18)27-23-19(11-7-8-14-25-23)21(26-27)15-17-9-3-5-12-20(17)24/h3-6,9-10,12-13,16,25H,7-8,11,14-15H2,1-2H3. The molecule has 4 heteroatoms. The van der Waals surface area contributed by atoms with E-state index in [1.807, 2.05) is 18.2 Å². The monoisotopic (exact) mass is 379 g/mol. The first-order chi connectivity index (χ1) is 13.1. The summed E-state index contributed by atoms with van der Waals surface area (Å²) in [5.41, 5.74) is 6.09. The summed E-state index contributed by atoms with van der Waals surface area (Å²) in [6, 6.07) is 16.7. The number of benzene rings is 2. The van der Waals surface area contributed by atoms with Crippen molar-refractivity contribution >= 4 is 17.4 Å². The van der Waals surface area contributed by atoms with E-state index in [1.54, 1.807) is 0 Å². The lowest BCUT2D eigenvalue weighted by atomic mass is 10.0. The van der Waals surface area contributed by atoms with Crippen molar-refractivity contribution in [1.82, 2.24) is 9.78 Å². The van der Waals surface area contributed by atoms with Crippen LogP contribution in [0.4, 0.5) is 5.82 Å². The Kier molecular flexibility index (Phi) is 5.22. The molecule has 0 aliphatic carbocycles. The zero-order valence-electron chi connectivity index (χ0n) is 16.0. The van der Waals surface area contributed by atoms with Crippen molar-refractivity contribution in [2.75, 3.05) is 11.9 Å². The van der Waals surface area contributed by atoms with E-state index in [9.17, 15) is 0 Å². The summed E-state index contributed by atoms with van der Waals surface area (Å²) in [7, 11) is 0. The SMILES string of the molecule is CC(C)c1ccccc1-n1nc(Cc2ccccc2Cl)c2c1NCCCC2. The number of nitrogens with zero attached hydrogens (tertiary/aromatic N) is 2. The summed E-state index contributed by atoms with van der Waals surface area (Å²) in [4.78, 5) is 0. The third-order valence-corrected chi connectivity index (χ3v) is 5.68. The summed E-state index contributed by atoms with van der Waals surface area (Å²) >= 11 is 6.43. The molecule has 0 bridgehead atoms. The van der Waals surface area contributed by atoms with Crippen LogP contribution in [0.15, 0.2) is 48.5 Å². The van der Waals surface area contributed by atoms with Crippen LogP contribution in [0.5, 0.6) is 0 Å². The number of hydrogen-bond donors (Lipinski definition) is 1. The van der Waals surface area contributed by atoms with Crippen molar-refractivity contribution in [1.29, 1.82) is 0 Å². The van der Waals surface area contributed by atoms with Crippen LogP contribution in [-0.2, 0) is 12.8 Å². The molecule has 0 atom stereocenters. The van der Waals surface area contributed by atoms with Gasteiger partial charge in [0.15, 0.2) is 0 Å². The van der Waals surface area contributed by atoms with E-state index in [4.69, 9.17) is 16.7 Å². The Bertz CT molecular complexity index is 943. The molecule has 2 heterocycles. The zero-order chi connectivity index (χ0) is 18.8. The fourth-order valence-electron chi connectivity index (χ4n) is 3.88. The smallest absolute Gasteiger partial charge is 0.133 e. The zero-order valence-corrected chi connectivity index (χ0v) is 16.8. The second kappa shape index (κ2) is 7.77. The number of hydrogen-bond acceptors (Lipinski definition) is 2. The molecule has 0 saturated heterocycles. The van der Waals surface area contributed by atoms with Crippen molar-refractivity contribution in [3.8, 4) is 5.69 Å². The molecule has 0 fully saturated rings. The van der Waals surface area contributed by atoms with Gasteiger partial charge in [-0.15, -0.1) is 0 Å². The highest BCUT2D eigenvalue weighted by Crippen LogP contribution is 2.33.